The second-order valence-electron chi connectivity index (χ2n) is 6.00. The second kappa shape index (κ2) is 5.74. The molecule has 0 aliphatic heterocycles. The molecule has 2 N–H and O–H groups in total. The van der Waals surface area contributed by atoms with Crippen molar-refractivity contribution in [2.75, 3.05) is 0 Å². The summed E-state index contributed by atoms with van der Waals surface area (Å²) in [5.74, 6) is 0. The number of hydrogen-bond acceptors (Lipinski definition) is 1. The lowest BCUT2D eigenvalue weighted by molar-refractivity contribution is 0.738. The maximum atomic E-state index is 5.91. The molecular formula is C19H22N2. The number of benzene rings is 2. The fourth-order valence-corrected chi connectivity index (χ4v) is 2.76. The fourth-order valence-electron chi connectivity index (χ4n) is 2.76. The van der Waals surface area contributed by atoms with Crippen molar-refractivity contribution in [1.29, 1.82) is 0 Å². The smallest absolute Gasteiger partial charge is 0.0486 e. The van der Waals surface area contributed by atoms with Crippen LogP contribution in [0.25, 0.3) is 10.9 Å². The fraction of sp³-hybridized carbons (Fsp3) is 0.263. The lowest BCUT2D eigenvalue weighted by Crippen LogP contribution is -2.17. The molecule has 0 spiro atoms. The highest BCUT2D eigenvalue weighted by Crippen LogP contribution is 2.20. The Morgan fingerprint density at radius 3 is 2.43 bits per heavy atom. The molecule has 3 rings (SSSR count). The highest BCUT2D eigenvalue weighted by atomic mass is 14.9. The van der Waals surface area contributed by atoms with Crippen molar-refractivity contribution in [3.05, 3.63) is 71.4 Å². The SMILES string of the molecule is Cc1ccc(Cn2ccc3ccc(CC(C)N)cc32)cc1. The van der Waals surface area contributed by atoms with Crippen LogP contribution in [-0.4, -0.2) is 10.6 Å². The van der Waals surface area contributed by atoms with Crippen molar-refractivity contribution >= 4 is 10.9 Å². The molecule has 0 radical (unpaired) electrons. The second-order valence-corrected chi connectivity index (χ2v) is 6.00. The van der Waals surface area contributed by atoms with Crippen LogP contribution in [0.3, 0.4) is 0 Å². The zero-order chi connectivity index (χ0) is 14.8. The molecule has 0 saturated heterocycles. The van der Waals surface area contributed by atoms with E-state index in [0.717, 1.165) is 13.0 Å². The van der Waals surface area contributed by atoms with Crippen molar-refractivity contribution < 1.29 is 0 Å². The number of aromatic nitrogens is 1. The van der Waals surface area contributed by atoms with Gasteiger partial charge in [0.25, 0.3) is 0 Å². The molecule has 21 heavy (non-hydrogen) atoms. The summed E-state index contributed by atoms with van der Waals surface area (Å²) >= 11 is 0. The zero-order valence-corrected chi connectivity index (χ0v) is 12.7. The Kier molecular flexibility index (Phi) is 3.80. The molecule has 0 aliphatic carbocycles. The van der Waals surface area contributed by atoms with E-state index in [9.17, 15) is 0 Å². The van der Waals surface area contributed by atoms with Gasteiger partial charge in [-0.15, -0.1) is 0 Å². The summed E-state index contributed by atoms with van der Waals surface area (Å²) in [6.45, 7) is 5.08. The molecule has 0 bridgehead atoms. The highest BCUT2D eigenvalue weighted by molar-refractivity contribution is 5.81. The van der Waals surface area contributed by atoms with Crippen LogP contribution in [0, 0.1) is 6.92 Å². The van der Waals surface area contributed by atoms with Crippen LogP contribution in [0.15, 0.2) is 54.7 Å². The van der Waals surface area contributed by atoms with Crippen molar-refractivity contribution in [2.45, 2.75) is 32.9 Å². The van der Waals surface area contributed by atoms with Crippen molar-refractivity contribution in [1.82, 2.24) is 4.57 Å². The van der Waals surface area contributed by atoms with Crippen LogP contribution in [0.1, 0.15) is 23.6 Å². The first-order valence-electron chi connectivity index (χ1n) is 7.51. The first kappa shape index (κ1) is 13.9. The van der Waals surface area contributed by atoms with Gasteiger partial charge in [-0.05, 0) is 48.9 Å². The molecule has 108 valence electrons. The summed E-state index contributed by atoms with van der Waals surface area (Å²) in [5, 5.41) is 1.29. The van der Waals surface area contributed by atoms with Gasteiger partial charge in [0.15, 0.2) is 0 Å². The van der Waals surface area contributed by atoms with E-state index in [0.29, 0.717) is 0 Å². The van der Waals surface area contributed by atoms with E-state index in [1.165, 1.54) is 27.6 Å². The van der Waals surface area contributed by atoms with Crippen LogP contribution in [0.4, 0.5) is 0 Å². The Balaban J connectivity index is 1.92. The highest BCUT2D eigenvalue weighted by Gasteiger charge is 2.05. The van der Waals surface area contributed by atoms with Gasteiger partial charge >= 0.3 is 0 Å². The third-order valence-electron chi connectivity index (χ3n) is 3.87. The van der Waals surface area contributed by atoms with E-state index in [-0.39, 0.29) is 6.04 Å². The molecule has 1 unspecified atom stereocenters. The molecule has 1 atom stereocenters. The number of fused-ring (bicyclic) bond motifs is 1. The quantitative estimate of drug-likeness (QED) is 0.771. The van der Waals surface area contributed by atoms with Crippen molar-refractivity contribution in [3.63, 3.8) is 0 Å². The maximum absolute atomic E-state index is 5.91. The number of rotatable bonds is 4. The van der Waals surface area contributed by atoms with E-state index in [1.54, 1.807) is 0 Å². The summed E-state index contributed by atoms with van der Waals surface area (Å²) in [4.78, 5) is 0. The number of nitrogens with two attached hydrogens (primary N) is 1. The van der Waals surface area contributed by atoms with Crippen LogP contribution >= 0.6 is 0 Å². The largest absolute Gasteiger partial charge is 0.343 e. The molecule has 1 heterocycles. The van der Waals surface area contributed by atoms with Gasteiger partial charge < -0.3 is 10.3 Å². The van der Waals surface area contributed by atoms with Gasteiger partial charge in [-0.1, -0.05) is 42.0 Å². The van der Waals surface area contributed by atoms with Crippen LogP contribution in [0.5, 0.6) is 0 Å². The Labute approximate surface area is 126 Å². The predicted molar refractivity (Wildman–Crippen MR) is 89.6 cm³/mol. The number of hydrogen-bond donors (Lipinski definition) is 1. The van der Waals surface area contributed by atoms with E-state index in [1.807, 2.05) is 0 Å². The van der Waals surface area contributed by atoms with E-state index in [2.05, 4.69) is 73.1 Å². The van der Waals surface area contributed by atoms with E-state index < -0.39 is 0 Å². The molecule has 0 fully saturated rings. The van der Waals surface area contributed by atoms with Gasteiger partial charge in [-0.2, -0.15) is 0 Å². The van der Waals surface area contributed by atoms with Gasteiger partial charge in [-0.25, -0.2) is 0 Å². The lowest BCUT2D eigenvalue weighted by atomic mass is 10.1. The van der Waals surface area contributed by atoms with Crippen molar-refractivity contribution in [2.24, 2.45) is 5.73 Å². The third kappa shape index (κ3) is 3.17. The number of nitrogens with zero attached hydrogens (tertiary/aromatic N) is 1. The first-order valence-corrected chi connectivity index (χ1v) is 7.51. The minimum atomic E-state index is 0.197. The Hall–Kier alpha value is -2.06. The zero-order valence-electron chi connectivity index (χ0n) is 12.7. The molecule has 0 saturated carbocycles. The topological polar surface area (TPSA) is 30.9 Å². The van der Waals surface area contributed by atoms with Crippen LogP contribution in [-0.2, 0) is 13.0 Å². The molecule has 2 aromatic carbocycles. The molecule has 2 nitrogen and oxygen atoms in total. The summed E-state index contributed by atoms with van der Waals surface area (Å²) in [6, 6.07) is 17.8. The molecule has 0 amide bonds. The van der Waals surface area contributed by atoms with Gasteiger partial charge in [0, 0.05) is 24.3 Å². The summed E-state index contributed by atoms with van der Waals surface area (Å²) in [5.41, 5.74) is 11.1. The summed E-state index contributed by atoms with van der Waals surface area (Å²) in [7, 11) is 0. The molecule has 1 aromatic heterocycles. The molecule has 0 aliphatic rings. The standard InChI is InChI=1S/C19H22N2/c1-14-3-5-16(6-4-14)13-21-10-9-18-8-7-17(11-15(2)20)12-19(18)21/h3-10,12,15H,11,13,20H2,1-2H3. The van der Waals surface area contributed by atoms with E-state index >= 15 is 0 Å². The third-order valence-corrected chi connectivity index (χ3v) is 3.87. The monoisotopic (exact) mass is 278 g/mol. The van der Waals surface area contributed by atoms with E-state index in [4.69, 9.17) is 5.73 Å². The first-order chi connectivity index (χ1) is 10.1. The molecular weight excluding hydrogens is 256 g/mol. The van der Waals surface area contributed by atoms with Gasteiger partial charge in [-0.3, -0.25) is 0 Å². The van der Waals surface area contributed by atoms with Gasteiger partial charge in [0.05, 0.1) is 0 Å². The molecule has 2 heteroatoms. The average molecular weight is 278 g/mol. The average Bonchev–Trinajstić information content (AvgIpc) is 2.83. The summed E-state index contributed by atoms with van der Waals surface area (Å²) < 4.78 is 2.31. The van der Waals surface area contributed by atoms with Gasteiger partial charge in [0.2, 0.25) is 0 Å². The van der Waals surface area contributed by atoms with Crippen LogP contribution < -0.4 is 5.73 Å². The Morgan fingerprint density at radius 1 is 1.00 bits per heavy atom. The molecule has 3 aromatic rings. The summed E-state index contributed by atoms with van der Waals surface area (Å²) in [6.07, 6.45) is 3.09. The minimum absolute atomic E-state index is 0.197. The van der Waals surface area contributed by atoms with Gasteiger partial charge in [0.1, 0.15) is 0 Å². The number of aryl methyl sites for hydroxylation is 1. The Morgan fingerprint density at radius 2 is 1.71 bits per heavy atom. The predicted octanol–water partition coefficient (Wildman–Crippen LogP) is 3.89. The van der Waals surface area contributed by atoms with Crippen molar-refractivity contribution in [3.8, 4) is 0 Å². The maximum Gasteiger partial charge on any atom is 0.0486 e. The van der Waals surface area contributed by atoms with Crippen LogP contribution in [0.2, 0.25) is 0 Å². The normalized spacial score (nSPS) is 12.7. The lowest BCUT2D eigenvalue weighted by Gasteiger charge is -2.09. The Bertz CT molecular complexity index is 736. The minimum Gasteiger partial charge on any atom is -0.343 e.